The molecule has 1 aliphatic carbocycles. The highest BCUT2D eigenvalue weighted by Gasteiger charge is 2.48. The molecule has 0 amide bonds. The highest BCUT2D eigenvalue weighted by molar-refractivity contribution is 5.39. The van der Waals surface area contributed by atoms with E-state index in [0.717, 1.165) is 24.8 Å². The zero-order chi connectivity index (χ0) is 11.3. The number of rotatable bonds is 0. The molecule has 0 saturated heterocycles. The topological polar surface area (TPSA) is 35.2 Å². The van der Waals surface area contributed by atoms with Gasteiger partial charge in [-0.2, -0.15) is 0 Å². The van der Waals surface area contributed by atoms with Gasteiger partial charge in [0.2, 0.25) is 0 Å². The molecule has 1 aromatic rings. The molecular formula is C13H16FNO. The van der Waals surface area contributed by atoms with Crippen molar-refractivity contribution in [3.05, 3.63) is 29.6 Å². The fourth-order valence-electron chi connectivity index (χ4n) is 3.15. The van der Waals surface area contributed by atoms with Crippen molar-refractivity contribution in [1.82, 2.24) is 0 Å². The van der Waals surface area contributed by atoms with E-state index in [1.165, 1.54) is 12.1 Å². The van der Waals surface area contributed by atoms with Crippen LogP contribution in [0.2, 0.25) is 0 Å². The number of benzene rings is 1. The number of halogens is 1. The Bertz CT molecular complexity index is 426. The third kappa shape index (κ3) is 1.42. The van der Waals surface area contributed by atoms with E-state index in [2.05, 4.69) is 6.92 Å². The number of hydrogen-bond donors (Lipinski definition) is 1. The van der Waals surface area contributed by atoms with Gasteiger partial charge in [-0.25, -0.2) is 4.39 Å². The predicted molar refractivity (Wildman–Crippen MR) is 59.7 cm³/mol. The first kappa shape index (κ1) is 10.1. The van der Waals surface area contributed by atoms with Gasteiger partial charge >= 0.3 is 0 Å². The average molecular weight is 221 g/mol. The van der Waals surface area contributed by atoms with Gasteiger partial charge in [0.05, 0.1) is 0 Å². The molecule has 3 heteroatoms. The first-order chi connectivity index (χ1) is 7.58. The van der Waals surface area contributed by atoms with Crippen molar-refractivity contribution in [2.24, 2.45) is 11.7 Å². The molecule has 0 radical (unpaired) electrons. The molecule has 2 N–H and O–H groups in total. The summed E-state index contributed by atoms with van der Waals surface area (Å²) in [5.74, 6) is 1.09. The Balaban J connectivity index is 1.95. The number of ether oxygens (including phenoxy) is 1. The van der Waals surface area contributed by atoms with Crippen LogP contribution in [0.3, 0.4) is 0 Å². The van der Waals surface area contributed by atoms with Gasteiger partial charge in [0.15, 0.2) is 0 Å². The zero-order valence-electron chi connectivity index (χ0n) is 9.37. The average Bonchev–Trinajstić information content (AvgIpc) is 2.14. The lowest BCUT2D eigenvalue weighted by Crippen LogP contribution is -2.52. The van der Waals surface area contributed by atoms with E-state index in [9.17, 15) is 4.39 Å². The molecule has 86 valence electrons. The summed E-state index contributed by atoms with van der Waals surface area (Å²) < 4.78 is 19.1. The molecule has 1 aliphatic heterocycles. The van der Waals surface area contributed by atoms with E-state index >= 15 is 0 Å². The van der Waals surface area contributed by atoms with Crippen LogP contribution in [0.25, 0.3) is 0 Å². The molecule has 0 unspecified atom stereocenters. The van der Waals surface area contributed by atoms with Crippen molar-refractivity contribution >= 4 is 0 Å². The SMILES string of the molecule is CC1CC2(C1)C[C@H](N)c1ccc(F)cc1O2. The Kier molecular flexibility index (Phi) is 2.02. The van der Waals surface area contributed by atoms with E-state index in [-0.39, 0.29) is 17.5 Å². The van der Waals surface area contributed by atoms with Crippen molar-refractivity contribution in [3.63, 3.8) is 0 Å². The zero-order valence-corrected chi connectivity index (χ0v) is 9.37. The Hall–Kier alpha value is -1.09. The van der Waals surface area contributed by atoms with Crippen LogP contribution in [0.15, 0.2) is 18.2 Å². The molecule has 16 heavy (non-hydrogen) atoms. The summed E-state index contributed by atoms with van der Waals surface area (Å²) in [4.78, 5) is 0. The largest absolute Gasteiger partial charge is 0.487 e. The number of nitrogens with two attached hydrogens (primary N) is 1. The van der Waals surface area contributed by atoms with Gasteiger partial charge in [0, 0.05) is 24.1 Å². The minimum Gasteiger partial charge on any atom is -0.487 e. The van der Waals surface area contributed by atoms with Crippen molar-refractivity contribution in [1.29, 1.82) is 0 Å². The second kappa shape index (κ2) is 3.20. The standard InChI is InChI=1S/C13H16FNO/c1-8-5-13(6-8)7-11(15)10-3-2-9(14)4-12(10)16-13/h2-4,8,11H,5-7,15H2,1H3/t8?,11-,13?/m0/s1. The Morgan fingerprint density at radius 1 is 1.38 bits per heavy atom. The summed E-state index contributed by atoms with van der Waals surface area (Å²) in [7, 11) is 0. The maximum atomic E-state index is 13.2. The maximum Gasteiger partial charge on any atom is 0.127 e. The van der Waals surface area contributed by atoms with Crippen molar-refractivity contribution < 1.29 is 9.13 Å². The van der Waals surface area contributed by atoms with E-state index < -0.39 is 0 Å². The van der Waals surface area contributed by atoms with Gasteiger partial charge in [-0.15, -0.1) is 0 Å². The quantitative estimate of drug-likeness (QED) is 0.731. The van der Waals surface area contributed by atoms with Gasteiger partial charge in [-0.05, 0) is 24.8 Å². The highest BCUT2D eigenvalue weighted by Crippen LogP contribution is 2.50. The molecule has 1 aromatic carbocycles. The summed E-state index contributed by atoms with van der Waals surface area (Å²) in [6.07, 6.45) is 2.93. The maximum absolute atomic E-state index is 13.2. The van der Waals surface area contributed by atoms with Crippen LogP contribution in [0.5, 0.6) is 5.75 Å². The third-order valence-corrected chi connectivity index (χ3v) is 3.73. The minimum atomic E-state index is -0.254. The molecule has 2 aliphatic rings. The first-order valence-corrected chi connectivity index (χ1v) is 5.82. The fourth-order valence-corrected chi connectivity index (χ4v) is 3.15. The van der Waals surface area contributed by atoms with Crippen molar-refractivity contribution in [3.8, 4) is 5.75 Å². The molecule has 2 nitrogen and oxygen atoms in total. The molecule has 1 spiro atoms. The highest BCUT2D eigenvalue weighted by atomic mass is 19.1. The smallest absolute Gasteiger partial charge is 0.127 e. The summed E-state index contributed by atoms with van der Waals surface area (Å²) >= 11 is 0. The van der Waals surface area contributed by atoms with E-state index in [0.29, 0.717) is 11.7 Å². The van der Waals surface area contributed by atoms with Crippen LogP contribution >= 0.6 is 0 Å². The molecule has 1 fully saturated rings. The Labute approximate surface area is 94.6 Å². The third-order valence-electron chi connectivity index (χ3n) is 3.73. The summed E-state index contributed by atoms with van der Waals surface area (Å²) in [5.41, 5.74) is 6.95. The van der Waals surface area contributed by atoms with Gasteiger partial charge in [-0.3, -0.25) is 0 Å². The van der Waals surface area contributed by atoms with E-state index in [1.54, 1.807) is 6.07 Å². The lowest BCUT2D eigenvalue weighted by Gasteiger charge is -2.50. The molecular weight excluding hydrogens is 205 g/mol. The summed E-state index contributed by atoms with van der Waals surface area (Å²) in [6, 6.07) is 4.63. The van der Waals surface area contributed by atoms with Gasteiger partial charge in [0.1, 0.15) is 17.2 Å². The lowest BCUT2D eigenvalue weighted by molar-refractivity contribution is -0.0659. The van der Waals surface area contributed by atoms with Crippen LogP contribution in [0, 0.1) is 11.7 Å². The number of fused-ring (bicyclic) bond motifs is 1. The van der Waals surface area contributed by atoms with Gasteiger partial charge < -0.3 is 10.5 Å². The van der Waals surface area contributed by atoms with E-state index in [1.807, 2.05) is 0 Å². The van der Waals surface area contributed by atoms with Crippen molar-refractivity contribution in [2.45, 2.75) is 37.8 Å². The summed E-state index contributed by atoms with van der Waals surface area (Å²) in [6.45, 7) is 2.21. The second-order valence-electron chi connectivity index (χ2n) is 5.29. The normalized spacial score (nSPS) is 36.4. The number of hydrogen-bond acceptors (Lipinski definition) is 2. The monoisotopic (exact) mass is 221 g/mol. The molecule has 1 saturated carbocycles. The van der Waals surface area contributed by atoms with Crippen LogP contribution in [-0.4, -0.2) is 5.60 Å². The van der Waals surface area contributed by atoms with Gasteiger partial charge in [0.25, 0.3) is 0 Å². The van der Waals surface area contributed by atoms with E-state index in [4.69, 9.17) is 10.5 Å². The molecule has 0 bridgehead atoms. The molecule has 1 atom stereocenters. The Morgan fingerprint density at radius 3 is 2.81 bits per heavy atom. The molecule has 1 heterocycles. The lowest BCUT2D eigenvalue weighted by atomic mass is 9.67. The second-order valence-corrected chi connectivity index (χ2v) is 5.29. The van der Waals surface area contributed by atoms with Crippen molar-refractivity contribution in [2.75, 3.05) is 0 Å². The molecule has 3 rings (SSSR count). The fraction of sp³-hybridized carbons (Fsp3) is 0.538. The van der Waals surface area contributed by atoms with Crippen LogP contribution in [0.1, 0.15) is 37.8 Å². The van der Waals surface area contributed by atoms with Crippen LogP contribution < -0.4 is 10.5 Å². The van der Waals surface area contributed by atoms with Crippen LogP contribution in [-0.2, 0) is 0 Å². The first-order valence-electron chi connectivity index (χ1n) is 5.82. The van der Waals surface area contributed by atoms with Gasteiger partial charge in [-0.1, -0.05) is 13.0 Å². The molecule has 0 aromatic heterocycles. The minimum absolute atomic E-state index is 0.0168. The summed E-state index contributed by atoms with van der Waals surface area (Å²) in [5, 5.41) is 0. The predicted octanol–water partition coefficient (Wildman–Crippen LogP) is 2.78. The Morgan fingerprint density at radius 2 is 2.12 bits per heavy atom. The van der Waals surface area contributed by atoms with Crippen LogP contribution in [0.4, 0.5) is 4.39 Å².